The Labute approximate surface area is 213 Å². The van der Waals surface area contributed by atoms with Crippen molar-refractivity contribution in [2.45, 2.75) is 33.4 Å². The normalized spacial score (nSPS) is 15.9. The highest BCUT2D eigenvalue weighted by molar-refractivity contribution is 7.91. The predicted molar refractivity (Wildman–Crippen MR) is 137 cm³/mol. The molecular weight excluding hydrogens is 500 g/mol. The average Bonchev–Trinajstić information content (AvgIpc) is 3.19. The first-order valence-corrected chi connectivity index (χ1v) is 13.8. The van der Waals surface area contributed by atoms with Crippen molar-refractivity contribution in [2.24, 2.45) is 0 Å². The molecule has 0 unspecified atom stereocenters. The van der Waals surface area contributed by atoms with Crippen LogP contribution < -0.4 is 5.32 Å². The van der Waals surface area contributed by atoms with Gasteiger partial charge < -0.3 is 9.88 Å². The molecule has 9 nitrogen and oxygen atoms in total. The van der Waals surface area contributed by atoms with Gasteiger partial charge in [0.05, 0.1) is 23.2 Å². The molecule has 0 bridgehead atoms. The Morgan fingerprint density at radius 1 is 1.03 bits per heavy atom. The molecule has 1 saturated heterocycles. The molecular formula is C25H27F2N7O2S. The number of fused-ring (bicyclic) bond motifs is 1. The summed E-state index contributed by atoms with van der Waals surface area (Å²) in [7, 11) is -2.93. The Hall–Kier alpha value is -3.51. The number of pyridine rings is 1. The third-order valence-electron chi connectivity index (χ3n) is 6.37. The molecule has 0 aliphatic carbocycles. The molecule has 0 saturated carbocycles. The summed E-state index contributed by atoms with van der Waals surface area (Å²) in [4.78, 5) is 19.1. The van der Waals surface area contributed by atoms with E-state index < -0.39 is 21.5 Å². The summed E-state index contributed by atoms with van der Waals surface area (Å²) < 4.78 is 54.8. The van der Waals surface area contributed by atoms with Crippen molar-refractivity contribution in [3.05, 3.63) is 59.7 Å². The summed E-state index contributed by atoms with van der Waals surface area (Å²) in [5.41, 5.74) is 1.98. The Kier molecular flexibility index (Phi) is 6.63. The van der Waals surface area contributed by atoms with Gasteiger partial charge in [-0.1, -0.05) is 6.07 Å². The second kappa shape index (κ2) is 9.75. The molecule has 1 aliphatic heterocycles. The zero-order valence-corrected chi connectivity index (χ0v) is 21.6. The number of benzene rings is 1. The molecule has 4 aromatic rings. The highest BCUT2D eigenvalue weighted by atomic mass is 32.2. The fourth-order valence-corrected chi connectivity index (χ4v) is 5.84. The van der Waals surface area contributed by atoms with Crippen molar-refractivity contribution >= 4 is 32.6 Å². The molecule has 1 fully saturated rings. The van der Waals surface area contributed by atoms with Crippen molar-refractivity contribution < 1.29 is 17.2 Å². The largest absolute Gasteiger partial charge is 0.326 e. The number of anilines is 2. The predicted octanol–water partition coefficient (Wildman–Crippen LogP) is 4.03. The number of sulfone groups is 1. The van der Waals surface area contributed by atoms with E-state index in [-0.39, 0.29) is 40.3 Å². The topological polar surface area (TPSA) is 106 Å². The molecule has 37 heavy (non-hydrogen) atoms. The van der Waals surface area contributed by atoms with E-state index in [1.54, 1.807) is 18.3 Å². The zero-order chi connectivity index (χ0) is 26.3. The smallest absolute Gasteiger partial charge is 0.229 e. The number of hydrogen-bond donors (Lipinski definition) is 1. The Bertz CT molecular complexity index is 1560. The van der Waals surface area contributed by atoms with Gasteiger partial charge in [0.1, 0.15) is 22.9 Å². The fourth-order valence-electron chi connectivity index (χ4n) is 4.56. The molecule has 5 rings (SSSR count). The van der Waals surface area contributed by atoms with Gasteiger partial charge >= 0.3 is 0 Å². The van der Waals surface area contributed by atoms with E-state index in [1.807, 2.05) is 31.4 Å². The lowest BCUT2D eigenvalue weighted by Gasteiger charge is -2.26. The van der Waals surface area contributed by atoms with E-state index in [4.69, 9.17) is 0 Å². The number of rotatable bonds is 6. The van der Waals surface area contributed by atoms with Crippen LogP contribution in [0, 0.1) is 18.6 Å². The lowest BCUT2D eigenvalue weighted by atomic mass is 10.1. The number of nitrogens with one attached hydrogen (secondary N) is 1. The van der Waals surface area contributed by atoms with Crippen LogP contribution in [0.3, 0.4) is 0 Å². The second-order valence-corrected chi connectivity index (χ2v) is 11.7. The maximum absolute atomic E-state index is 14.9. The number of aromatic nitrogens is 5. The summed E-state index contributed by atoms with van der Waals surface area (Å²) in [6.07, 6.45) is 2.73. The van der Waals surface area contributed by atoms with E-state index in [9.17, 15) is 17.2 Å². The van der Waals surface area contributed by atoms with E-state index >= 15 is 0 Å². The lowest BCUT2D eigenvalue weighted by molar-refractivity contribution is 0.287. The van der Waals surface area contributed by atoms with Gasteiger partial charge in [0, 0.05) is 37.4 Å². The number of nitrogens with zero attached hydrogens (tertiary/aromatic N) is 6. The summed E-state index contributed by atoms with van der Waals surface area (Å²) in [6.45, 7) is 7.35. The lowest BCUT2D eigenvalue weighted by Crippen LogP contribution is -2.39. The van der Waals surface area contributed by atoms with Gasteiger partial charge in [0.2, 0.25) is 5.95 Å². The van der Waals surface area contributed by atoms with Crippen LogP contribution >= 0.6 is 0 Å². The number of hydrogen-bond acceptors (Lipinski definition) is 8. The van der Waals surface area contributed by atoms with Crippen LogP contribution in [0.4, 0.5) is 20.5 Å². The first-order valence-electron chi connectivity index (χ1n) is 12.0. The van der Waals surface area contributed by atoms with Gasteiger partial charge in [0.15, 0.2) is 21.5 Å². The van der Waals surface area contributed by atoms with Crippen LogP contribution in [0.25, 0.3) is 22.3 Å². The first kappa shape index (κ1) is 25.2. The highest BCUT2D eigenvalue weighted by Crippen LogP contribution is 2.30. The van der Waals surface area contributed by atoms with Crippen molar-refractivity contribution in [1.82, 2.24) is 29.4 Å². The van der Waals surface area contributed by atoms with Crippen LogP contribution in [0.1, 0.15) is 31.3 Å². The Balaban J connectivity index is 1.36. The first-order chi connectivity index (χ1) is 17.6. The summed E-state index contributed by atoms with van der Waals surface area (Å²) in [5, 5.41) is 2.96. The zero-order valence-electron chi connectivity index (χ0n) is 20.7. The van der Waals surface area contributed by atoms with E-state index in [1.165, 1.54) is 6.07 Å². The van der Waals surface area contributed by atoms with Gasteiger partial charge in [-0.2, -0.15) is 0 Å². The molecule has 0 spiro atoms. The number of aryl methyl sites for hydroxylation is 1. The highest BCUT2D eigenvalue weighted by Gasteiger charge is 2.22. The SMILES string of the molecule is Cc1nc2c(F)cc(-c3nc(Nc4ccc(CN5CCS(=O)(=O)CC5)cn4)ncc3F)cc2n1C(C)C. The van der Waals surface area contributed by atoms with Crippen molar-refractivity contribution in [2.75, 3.05) is 29.9 Å². The maximum atomic E-state index is 14.9. The van der Waals surface area contributed by atoms with Crippen LogP contribution in [0.15, 0.2) is 36.7 Å². The van der Waals surface area contributed by atoms with Crippen LogP contribution in [0.2, 0.25) is 0 Å². The average molecular weight is 528 g/mol. The molecule has 0 radical (unpaired) electrons. The molecule has 1 aliphatic rings. The summed E-state index contributed by atoms with van der Waals surface area (Å²) in [5.74, 6) is 0.354. The second-order valence-electron chi connectivity index (χ2n) is 9.44. The molecule has 12 heteroatoms. The quantitative estimate of drug-likeness (QED) is 0.401. The van der Waals surface area contributed by atoms with Gasteiger partial charge in [-0.3, -0.25) is 4.90 Å². The molecule has 0 atom stereocenters. The molecule has 4 heterocycles. The standard InChI is InChI=1S/C25H27F2N7O2S/c1-15(2)34-16(3)30-24-19(26)10-18(11-21(24)34)23-20(27)13-29-25(32-23)31-22-5-4-17(12-28-22)14-33-6-8-37(35,36)9-7-33/h4-5,10-13,15H,6-9,14H2,1-3H3,(H,28,29,31,32). The van der Waals surface area contributed by atoms with E-state index in [0.717, 1.165) is 11.8 Å². The maximum Gasteiger partial charge on any atom is 0.229 e. The number of halogens is 2. The summed E-state index contributed by atoms with van der Waals surface area (Å²) >= 11 is 0. The van der Waals surface area contributed by atoms with E-state index in [2.05, 4.69) is 30.2 Å². The van der Waals surface area contributed by atoms with Crippen LogP contribution in [-0.2, 0) is 16.4 Å². The van der Waals surface area contributed by atoms with Crippen LogP contribution in [0.5, 0.6) is 0 Å². The van der Waals surface area contributed by atoms with Crippen LogP contribution in [-0.4, -0.2) is 62.4 Å². The minimum absolute atomic E-state index is 0.0378. The van der Waals surface area contributed by atoms with Gasteiger partial charge in [-0.25, -0.2) is 37.1 Å². The minimum Gasteiger partial charge on any atom is -0.326 e. The Morgan fingerprint density at radius 3 is 2.46 bits per heavy atom. The minimum atomic E-state index is -2.93. The Morgan fingerprint density at radius 2 is 1.78 bits per heavy atom. The monoisotopic (exact) mass is 527 g/mol. The molecule has 0 amide bonds. The van der Waals surface area contributed by atoms with E-state index in [0.29, 0.717) is 36.8 Å². The molecule has 1 aromatic carbocycles. The summed E-state index contributed by atoms with van der Waals surface area (Å²) in [6, 6.07) is 6.59. The number of imidazole rings is 1. The van der Waals surface area contributed by atoms with Crippen molar-refractivity contribution in [1.29, 1.82) is 0 Å². The molecule has 3 aromatic heterocycles. The van der Waals surface area contributed by atoms with Gasteiger partial charge in [-0.15, -0.1) is 0 Å². The molecule has 1 N–H and O–H groups in total. The van der Waals surface area contributed by atoms with Gasteiger partial charge in [0.25, 0.3) is 0 Å². The third-order valence-corrected chi connectivity index (χ3v) is 7.98. The van der Waals surface area contributed by atoms with Crippen molar-refractivity contribution in [3.63, 3.8) is 0 Å². The van der Waals surface area contributed by atoms with Gasteiger partial charge in [-0.05, 0) is 44.5 Å². The fraction of sp³-hybridized carbons (Fsp3) is 0.360. The van der Waals surface area contributed by atoms with Crippen molar-refractivity contribution in [3.8, 4) is 11.3 Å². The third kappa shape index (κ3) is 5.30. The molecule has 194 valence electrons.